The summed E-state index contributed by atoms with van der Waals surface area (Å²) in [6.07, 6.45) is 4.82. The zero-order valence-corrected chi connectivity index (χ0v) is 12.1. The minimum absolute atomic E-state index is 0.155. The number of ether oxygens (including phenoxy) is 2. The van der Waals surface area contributed by atoms with Gasteiger partial charge in [-0.05, 0) is 26.0 Å². The third-order valence-electron chi connectivity index (χ3n) is 3.52. The van der Waals surface area contributed by atoms with Crippen molar-refractivity contribution in [3.05, 3.63) is 47.5 Å². The quantitative estimate of drug-likeness (QED) is 0.934. The van der Waals surface area contributed by atoms with E-state index >= 15 is 0 Å². The van der Waals surface area contributed by atoms with E-state index in [-0.39, 0.29) is 6.10 Å². The Morgan fingerprint density at radius 1 is 1.38 bits per heavy atom. The van der Waals surface area contributed by atoms with E-state index in [9.17, 15) is 5.11 Å². The zero-order valence-electron chi connectivity index (χ0n) is 12.1. The first kappa shape index (κ1) is 13.8. The van der Waals surface area contributed by atoms with Crippen molar-refractivity contribution in [1.29, 1.82) is 0 Å². The van der Waals surface area contributed by atoms with Crippen LogP contribution in [0.4, 0.5) is 0 Å². The van der Waals surface area contributed by atoms with E-state index in [2.05, 4.69) is 9.97 Å². The molecule has 1 aliphatic heterocycles. The molecule has 2 unspecified atom stereocenters. The lowest BCUT2D eigenvalue weighted by atomic mass is 9.99. The molecule has 2 atom stereocenters. The Morgan fingerprint density at radius 2 is 2.14 bits per heavy atom. The van der Waals surface area contributed by atoms with Crippen LogP contribution in [0.15, 0.2) is 30.9 Å². The van der Waals surface area contributed by atoms with Crippen LogP contribution in [0.5, 0.6) is 11.5 Å². The molecule has 2 aromatic rings. The average Bonchev–Trinajstić information content (AvgIpc) is 2.86. The lowest BCUT2D eigenvalue weighted by molar-refractivity contribution is 0.209. The molecule has 3 rings (SSSR count). The van der Waals surface area contributed by atoms with Crippen LogP contribution < -0.4 is 9.47 Å². The van der Waals surface area contributed by atoms with Crippen molar-refractivity contribution in [3.8, 4) is 11.5 Å². The number of aliphatic hydroxyl groups is 1. The van der Waals surface area contributed by atoms with Crippen LogP contribution in [-0.2, 0) is 6.42 Å². The topological polar surface area (TPSA) is 64.5 Å². The smallest absolute Gasteiger partial charge is 0.125 e. The van der Waals surface area contributed by atoms with Gasteiger partial charge in [0.1, 0.15) is 30.0 Å². The van der Waals surface area contributed by atoms with E-state index in [1.807, 2.05) is 26.0 Å². The van der Waals surface area contributed by atoms with Crippen molar-refractivity contribution in [3.63, 3.8) is 0 Å². The van der Waals surface area contributed by atoms with Gasteiger partial charge in [0.25, 0.3) is 0 Å². The van der Waals surface area contributed by atoms with E-state index in [4.69, 9.17) is 9.47 Å². The summed E-state index contributed by atoms with van der Waals surface area (Å²) >= 11 is 0. The first-order chi connectivity index (χ1) is 10.2. The number of hydrogen-bond acceptors (Lipinski definition) is 5. The summed E-state index contributed by atoms with van der Waals surface area (Å²) in [7, 11) is 0. The molecule has 1 N–H and O–H groups in total. The van der Waals surface area contributed by atoms with Crippen molar-refractivity contribution in [1.82, 2.24) is 9.97 Å². The molecule has 1 aromatic heterocycles. The lowest BCUT2D eigenvalue weighted by Crippen LogP contribution is -2.06. The third kappa shape index (κ3) is 2.69. The van der Waals surface area contributed by atoms with Crippen LogP contribution in [0, 0.1) is 0 Å². The fourth-order valence-electron chi connectivity index (χ4n) is 2.58. The fourth-order valence-corrected chi connectivity index (χ4v) is 2.58. The van der Waals surface area contributed by atoms with E-state index in [1.165, 1.54) is 6.33 Å². The molecular formula is C16H18N2O3. The number of aromatic nitrogens is 2. The number of aliphatic hydroxyl groups excluding tert-OH is 1. The van der Waals surface area contributed by atoms with E-state index in [1.54, 1.807) is 12.4 Å². The number of benzene rings is 1. The van der Waals surface area contributed by atoms with Gasteiger partial charge in [0.05, 0.1) is 6.61 Å². The van der Waals surface area contributed by atoms with Crippen molar-refractivity contribution >= 4 is 0 Å². The van der Waals surface area contributed by atoms with Crippen molar-refractivity contribution < 1.29 is 14.6 Å². The summed E-state index contributed by atoms with van der Waals surface area (Å²) in [5.74, 6) is 1.50. The monoisotopic (exact) mass is 286 g/mol. The second kappa shape index (κ2) is 5.69. The molecule has 21 heavy (non-hydrogen) atoms. The Morgan fingerprint density at radius 3 is 2.86 bits per heavy atom. The van der Waals surface area contributed by atoms with Gasteiger partial charge in [0.15, 0.2) is 0 Å². The first-order valence-corrected chi connectivity index (χ1v) is 7.08. The summed E-state index contributed by atoms with van der Waals surface area (Å²) in [4.78, 5) is 7.90. The van der Waals surface area contributed by atoms with Gasteiger partial charge in [-0.15, -0.1) is 0 Å². The van der Waals surface area contributed by atoms with Gasteiger partial charge in [-0.2, -0.15) is 0 Å². The SMILES string of the molecule is CCOc1cc2c(cc1C(O)c1cncnc1)OC(C)C2. The molecule has 0 bridgehead atoms. The molecule has 5 heteroatoms. The van der Waals surface area contributed by atoms with Crippen molar-refractivity contribution in [2.45, 2.75) is 32.5 Å². The fraction of sp³-hybridized carbons (Fsp3) is 0.375. The first-order valence-electron chi connectivity index (χ1n) is 7.08. The number of fused-ring (bicyclic) bond motifs is 1. The predicted octanol–water partition coefficient (Wildman–Crippen LogP) is 2.28. The van der Waals surface area contributed by atoms with Gasteiger partial charge in [0, 0.05) is 35.5 Å². The molecule has 1 aromatic carbocycles. The van der Waals surface area contributed by atoms with E-state index in [0.29, 0.717) is 23.5 Å². The maximum Gasteiger partial charge on any atom is 0.125 e. The second-order valence-corrected chi connectivity index (χ2v) is 5.14. The Kier molecular flexibility index (Phi) is 3.75. The maximum absolute atomic E-state index is 10.6. The van der Waals surface area contributed by atoms with Gasteiger partial charge in [0.2, 0.25) is 0 Å². The summed E-state index contributed by atoms with van der Waals surface area (Å²) in [6, 6.07) is 3.83. The summed E-state index contributed by atoms with van der Waals surface area (Å²) < 4.78 is 11.5. The largest absolute Gasteiger partial charge is 0.493 e. The predicted molar refractivity (Wildman–Crippen MR) is 77.5 cm³/mol. The average molecular weight is 286 g/mol. The molecule has 0 radical (unpaired) electrons. The van der Waals surface area contributed by atoms with Gasteiger partial charge in [-0.3, -0.25) is 0 Å². The number of rotatable bonds is 4. The molecule has 0 saturated carbocycles. The summed E-state index contributed by atoms with van der Waals surface area (Å²) in [5.41, 5.74) is 2.43. The maximum atomic E-state index is 10.6. The molecule has 0 spiro atoms. The molecule has 1 aliphatic rings. The van der Waals surface area contributed by atoms with Crippen LogP contribution >= 0.6 is 0 Å². The van der Waals surface area contributed by atoms with E-state index < -0.39 is 6.10 Å². The molecule has 2 heterocycles. The minimum Gasteiger partial charge on any atom is -0.493 e. The highest BCUT2D eigenvalue weighted by atomic mass is 16.5. The van der Waals surface area contributed by atoms with Gasteiger partial charge in [-0.25, -0.2) is 9.97 Å². The molecule has 0 saturated heterocycles. The number of hydrogen-bond donors (Lipinski definition) is 1. The standard InChI is InChI=1S/C16H18N2O3/c1-3-20-15-5-11-4-10(2)21-14(11)6-13(15)16(19)12-7-17-9-18-8-12/h5-10,16,19H,3-4H2,1-2H3. The Labute approximate surface area is 123 Å². The highest BCUT2D eigenvalue weighted by Gasteiger charge is 2.25. The zero-order chi connectivity index (χ0) is 14.8. The number of nitrogens with zero attached hydrogens (tertiary/aromatic N) is 2. The van der Waals surface area contributed by atoms with Gasteiger partial charge < -0.3 is 14.6 Å². The minimum atomic E-state index is -0.836. The Balaban J connectivity index is 2.02. The Bertz CT molecular complexity index is 631. The van der Waals surface area contributed by atoms with Gasteiger partial charge in [-0.1, -0.05) is 0 Å². The lowest BCUT2D eigenvalue weighted by Gasteiger charge is -2.17. The summed E-state index contributed by atoms with van der Waals surface area (Å²) in [5, 5.41) is 10.6. The van der Waals surface area contributed by atoms with Crippen molar-refractivity contribution in [2.24, 2.45) is 0 Å². The molecule has 0 amide bonds. The van der Waals surface area contributed by atoms with Crippen molar-refractivity contribution in [2.75, 3.05) is 6.61 Å². The third-order valence-corrected chi connectivity index (χ3v) is 3.52. The van der Waals surface area contributed by atoms with Crippen LogP contribution in [0.2, 0.25) is 0 Å². The molecule has 5 nitrogen and oxygen atoms in total. The van der Waals surface area contributed by atoms with Crippen LogP contribution in [0.1, 0.15) is 36.6 Å². The van der Waals surface area contributed by atoms with E-state index in [0.717, 1.165) is 17.7 Å². The highest BCUT2D eigenvalue weighted by molar-refractivity contribution is 5.51. The molecule has 0 aliphatic carbocycles. The van der Waals surface area contributed by atoms with Crippen LogP contribution in [-0.4, -0.2) is 27.8 Å². The normalized spacial score (nSPS) is 18.0. The molecule has 110 valence electrons. The van der Waals surface area contributed by atoms with Crippen LogP contribution in [0.25, 0.3) is 0 Å². The van der Waals surface area contributed by atoms with Gasteiger partial charge >= 0.3 is 0 Å². The summed E-state index contributed by atoms with van der Waals surface area (Å²) in [6.45, 7) is 4.50. The Hall–Kier alpha value is -2.14. The molecule has 0 fully saturated rings. The van der Waals surface area contributed by atoms with Crippen LogP contribution in [0.3, 0.4) is 0 Å². The highest BCUT2D eigenvalue weighted by Crippen LogP contribution is 2.39. The molecular weight excluding hydrogens is 268 g/mol. The second-order valence-electron chi connectivity index (χ2n) is 5.14.